The van der Waals surface area contributed by atoms with Gasteiger partial charge >= 0.3 is 0 Å². The Balaban J connectivity index is 1.59. The van der Waals surface area contributed by atoms with E-state index in [1.807, 2.05) is 0 Å². The highest BCUT2D eigenvalue weighted by Gasteiger charge is 2.31. The molecule has 0 unspecified atom stereocenters. The Bertz CT molecular complexity index is 1040. The van der Waals surface area contributed by atoms with Gasteiger partial charge < -0.3 is 15.2 Å². The molecule has 7 nitrogen and oxygen atoms in total. The highest BCUT2D eigenvalue weighted by molar-refractivity contribution is 7.89. The third-order valence-electron chi connectivity index (χ3n) is 4.70. The van der Waals surface area contributed by atoms with Gasteiger partial charge in [-0.2, -0.15) is 0 Å². The molecular weight excluding hydrogens is 430 g/mol. The zero-order valence-corrected chi connectivity index (χ0v) is 17.2. The molecular formula is C21H22F2N2O5S. The molecule has 166 valence electrons. The zero-order valence-electron chi connectivity index (χ0n) is 16.4. The summed E-state index contributed by atoms with van der Waals surface area (Å²) in [5.74, 6) is -1.38. The second-order valence-electron chi connectivity index (χ2n) is 6.95. The number of hydrogen-bond donors (Lipinski definition) is 3. The van der Waals surface area contributed by atoms with Crippen LogP contribution in [0.3, 0.4) is 0 Å². The smallest absolute Gasteiger partial charge is 0.241 e. The van der Waals surface area contributed by atoms with Crippen LogP contribution in [0, 0.1) is 11.6 Å². The number of sulfonamides is 1. The van der Waals surface area contributed by atoms with Gasteiger partial charge in [-0.15, -0.1) is 0 Å². The molecule has 2 aromatic rings. The summed E-state index contributed by atoms with van der Waals surface area (Å²) in [6, 6.07) is 9.51. The summed E-state index contributed by atoms with van der Waals surface area (Å²) in [6.07, 6.45) is 1.32. The first kappa shape index (κ1) is 23.0. The van der Waals surface area contributed by atoms with Crippen molar-refractivity contribution in [3.05, 3.63) is 77.9 Å². The second kappa shape index (κ2) is 10.1. The van der Waals surface area contributed by atoms with Crippen LogP contribution in [0.4, 0.5) is 8.78 Å². The Morgan fingerprint density at radius 2 is 1.77 bits per heavy atom. The van der Waals surface area contributed by atoms with E-state index in [2.05, 4.69) is 10.0 Å². The van der Waals surface area contributed by atoms with Gasteiger partial charge in [0.2, 0.25) is 15.9 Å². The first-order chi connectivity index (χ1) is 14.8. The van der Waals surface area contributed by atoms with Crippen molar-refractivity contribution in [3.8, 4) is 0 Å². The van der Waals surface area contributed by atoms with Crippen molar-refractivity contribution in [2.45, 2.75) is 36.1 Å². The lowest BCUT2D eigenvalue weighted by Crippen LogP contribution is -2.49. The average molecular weight is 452 g/mol. The summed E-state index contributed by atoms with van der Waals surface area (Å²) in [4.78, 5) is 12.0. The third-order valence-corrected chi connectivity index (χ3v) is 6.17. The highest BCUT2D eigenvalue weighted by Crippen LogP contribution is 2.19. The van der Waals surface area contributed by atoms with Crippen molar-refractivity contribution < 1.29 is 31.8 Å². The number of halogens is 2. The normalized spacial score (nSPS) is 21.1. The lowest BCUT2D eigenvalue weighted by atomic mass is 10.1. The molecule has 0 radical (unpaired) electrons. The van der Waals surface area contributed by atoms with Gasteiger partial charge in [-0.05, 0) is 30.3 Å². The summed E-state index contributed by atoms with van der Waals surface area (Å²) in [7, 11) is -3.98. The van der Waals surface area contributed by atoms with Gasteiger partial charge in [0.05, 0.1) is 30.1 Å². The second-order valence-corrected chi connectivity index (χ2v) is 8.67. The van der Waals surface area contributed by atoms with Crippen LogP contribution in [0.2, 0.25) is 0 Å². The number of carbonyl (C=O) groups is 1. The quantitative estimate of drug-likeness (QED) is 0.528. The molecule has 3 N–H and O–H groups in total. The van der Waals surface area contributed by atoms with Crippen molar-refractivity contribution in [2.24, 2.45) is 0 Å². The van der Waals surface area contributed by atoms with Gasteiger partial charge in [-0.1, -0.05) is 30.4 Å². The van der Waals surface area contributed by atoms with Gasteiger partial charge in [0.1, 0.15) is 17.7 Å². The first-order valence-electron chi connectivity index (χ1n) is 9.51. The summed E-state index contributed by atoms with van der Waals surface area (Å²) >= 11 is 0. The molecule has 1 amide bonds. The largest absolute Gasteiger partial charge is 0.394 e. The molecule has 31 heavy (non-hydrogen) atoms. The van der Waals surface area contributed by atoms with Crippen molar-refractivity contribution >= 4 is 15.9 Å². The Morgan fingerprint density at radius 3 is 2.45 bits per heavy atom. The molecule has 2 aromatic carbocycles. The Hall–Kier alpha value is -2.66. The van der Waals surface area contributed by atoms with Crippen LogP contribution in [0.5, 0.6) is 0 Å². The minimum atomic E-state index is -3.98. The molecule has 0 fully saturated rings. The number of rotatable bonds is 8. The molecule has 1 aliphatic heterocycles. The van der Waals surface area contributed by atoms with Gasteiger partial charge in [0, 0.05) is 12.1 Å². The first-order valence-corrected chi connectivity index (χ1v) is 11.0. The topological polar surface area (TPSA) is 105 Å². The van der Waals surface area contributed by atoms with Crippen LogP contribution >= 0.6 is 0 Å². The lowest BCUT2D eigenvalue weighted by Gasteiger charge is -2.31. The minimum Gasteiger partial charge on any atom is -0.394 e. The Morgan fingerprint density at radius 1 is 1.06 bits per heavy atom. The van der Waals surface area contributed by atoms with Crippen LogP contribution < -0.4 is 10.0 Å². The van der Waals surface area contributed by atoms with Gasteiger partial charge in [0.25, 0.3) is 0 Å². The number of benzene rings is 2. The molecule has 0 aliphatic carbocycles. The van der Waals surface area contributed by atoms with Crippen LogP contribution in [-0.4, -0.2) is 44.3 Å². The van der Waals surface area contributed by atoms with Crippen LogP contribution in [0.25, 0.3) is 0 Å². The maximum atomic E-state index is 13.6. The number of aliphatic hydroxyl groups is 1. The molecule has 0 saturated carbocycles. The molecule has 0 saturated heterocycles. The monoisotopic (exact) mass is 452 g/mol. The lowest BCUT2D eigenvalue weighted by molar-refractivity contribution is -0.125. The van der Waals surface area contributed by atoms with E-state index in [0.29, 0.717) is 5.56 Å². The van der Waals surface area contributed by atoms with Crippen LogP contribution in [0.15, 0.2) is 65.6 Å². The molecule has 0 spiro atoms. The maximum absolute atomic E-state index is 13.6. The average Bonchev–Trinajstić information content (AvgIpc) is 2.74. The van der Waals surface area contributed by atoms with Gasteiger partial charge in [0.15, 0.2) is 0 Å². The minimum absolute atomic E-state index is 0.0193. The fourth-order valence-corrected chi connectivity index (χ4v) is 4.28. The number of hydrogen-bond acceptors (Lipinski definition) is 5. The predicted octanol–water partition coefficient (Wildman–Crippen LogP) is 1.63. The summed E-state index contributed by atoms with van der Waals surface area (Å²) in [6.45, 7) is -0.472. The Labute approximate surface area is 178 Å². The van der Waals surface area contributed by atoms with Gasteiger partial charge in [-0.25, -0.2) is 21.9 Å². The number of ether oxygens (including phenoxy) is 1. The van der Waals surface area contributed by atoms with E-state index in [-0.39, 0.29) is 23.8 Å². The third kappa shape index (κ3) is 6.17. The van der Waals surface area contributed by atoms with E-state index in [0.717, 1.165) is 24.3 Å². The van der Waals surface area contributed by atoms with Crippen LogP contribution in [-0.2, 0) is 26.1 Å². The van der Waals surface area contributed by atoms with E-state index >= 15 is 0 Å². The molecule has 3 rings (SSSR count). The molecule has 1 aliphatic rings. The van der Waals surface area contributed by atoms with E-state index in [1.165, 1.54) is 18.2 Å². The number of nitrogens with one attached hydrogen (secondary N) is 2. The molecule has 3 atom stereocenters. The van der Waals surface area contributed by atoms with E-state index in [9.17, 15) is 27.1 Å². The molecule has 0 bridgehead atoms. The fourth-order valence-electron chi connectivity index (χ4n) is 3.06. The van der Waals surface area contributed by atoms with Crippen molar-refractivity contribution in [1.29, 1.82) is 0 Å². The predicted molar refractivity (Wildman–Crippen MR) is 108 cm³/mol. The number of carbonyl (C=O) groups excluding carboxylic acids is 1. The van der Waals surface area contributed by atoms with Crippen molar-refractivity contribution in [2.75, 3.05) is 6.61 Å². The summed E-state index contributed by atoms with van der Waals surface area (Å²) in [5.41, 5.74) is 0.347. The SMILES string of the molecule is O=C(C[C@@H]1C=C[C@@H](NS(=O)(=O)c2ccc(F)cc2)[C@@H](CO)O1)NCc1ccccc1F. The van der Waals surface area contributed by atoms with Gasteiger partial charge in [-0.3, -0.25) is 4.79 Å². The standard InChI is InChI=1S/C21H22F2N2O5S/c22-15-5-8-17(9-6-15)31(28,29)25-19-10-7-16(30-20(19)13-26)11-21(27)24-12-14-3-1-2-4-18(14)23/h1-10,16,19-20,25-26H,11-13H2,(H,24,27)/t16-,19+,20+/m0/s1. The summed E-state index contributed by atoms with van der Waals surface area (Å²) < 4.78 is 59.7. The zero-order chi connectivity index (χ0) is 22.4. The maximum Gasteiger partial charge on any atom is 0.241 e. The summed E-state index contributed by atoms with van der Waals surface area (Å²) in [5, 5.41) is 12.2. The molecule has 0 aromatic heterocycles. The highest BCUT2D eigenvalue weighted by atomic mass is 32.2. The van der Waals surface area contributed by atoms with Crippen molar-refractivity contribution in [3.63, 3.8) is 0 Å². The van der Waals surface area contributed by atoms with E-state index < -0.39 is 46.5 Å². The molecule has 10 heteroatoms. The number of aliphatic hydroxyl groups excluding tert-OH is 1. The Kier molecular flexibility index (Phi) is 7.50. The van der Waals surface area contributed by atoms with Crippen LogP contribution in [0.1, 0.15) is 12.0 Å². The van der Waals surface area contributed by atoms with E-state index in [1.54, 1.807) is 18.2 Å². The van der Waals surface area contributed by atoms with E-state index in [4.69, 9.17) is 4.74 Å². The van der Waals surface area contributed by atoms with Crippen molar-refractivity contribution in [1.82, 2.24) is 10.0 Å². The molecule has 1 heterocycles. The number of amides is 1. The fraction of sp³-hybridized carbons (Fsp3) is 0.286.